The minimum atomic E-state index is 0.163. The number of aromatic hydroxyl groups is 1. The summed E-state index contributed by atoms with van der Waals surface area (Å²) in [5, 5.41) is 19.0. The minimum absolute atomic E-state index is 0.163. The molecule has 0 heterocycles. The van der Waals surface area contributed by atoms with E-state index in [1.807, 2.05) is 25.1 Å². The fourth-order valence-electron chi connectivity index (χ4n) is 1.88. The molecule has 1 aromatic carbocycles. The van der Waals surface area contributed by atoms with Gasteiger partial charge in [-0.05, 0) is 25.5 Å². The largest absolute Gasteiger partial charge is 0.507 e. The van der Waals surface area contributed by atoms with Gasteiger partial charge in [0.2, 0.25) is 0 Å². The summed E-state index contributed by atoms with van der Waals surface area (Å²) in [5.41, 5.74) is 1.84. The number of aliphatic hydroxyl groups excluding tert-OH is 1. The average Bonchev–Trinajstić information content (AvgIpc) is 2.32. The Morgan fingerprint density at radius 1 is 1.24 bits per heavy atom. The van der Waals surface area contributed by atoms with Gasteiger partial charge in [0.25, 0.3) is 0 Å². The van der Waals surface area contributed by atoms with Crippen LogP contribution in [0.3, 0.4) is 0 Å². The molecule has 1 rings (SSSR count). The van der Waals surface area contributed by atoms with Gasteiger partial charge in [-0.2, -0.15) is 0 Å². The van der Waals surface area contributed by atoms with Crippen LogP contribution < -0.4 is 0 Å². The summed E-state index contributed by atoms with van der Waals surface area (Å²) in [7, 11) is 0. The first-order chi connectivity index (χ1) is 8.19. The minimum Gasteiger partial charge on any atom is -0.507 e. The number of benzene rings is 1. The van der Waals surface area contributed by atoms with Crippen molar-refractivity contribution in [2.75, 3.05) is 19.7 Å². The van der Waals surface area contributed by atoms with Gasteiger partial charge >= 0.3 is 0 Å². The number of rotatable bonds is 7. The Morgan fingerprint density at radius 2 is 2.00 bits per heavy atom. The summed E-state index contributed by atoms with van der Waals surface area (Å²) in [6, 6.07) is 5.81. The first-order valence-corrected chi connectivity index (χ1v) is 6.29. The lowest BCUT2D eigenvalue weighted by Crippen LogP contribution is -2.27. The van der Waals surface area contributed by atoms with Gasteiger partial charge in [-0.15, -0.1) is 0 Å². The molecule has 0 aliphatic carbocycles. The first kappa shape index (κ1) is 14.0. The Labute approximate surface area is 104 Å². The van der Waals surface area contributed by atoms with Gasteiger partial charge in [0.1, 0.15) is 5.75 Å². The zero-order valence-electron chi connectivity index (χ0n) is 10.8. The maximum Gasteiger partial charge on any atom is 0.122 e. The number of aliphatic hydroxyl groups is 1. The van der Waals surface area contributed by atoms with E-state index in [4.69, 9.17) is 5.11 Å². The second kappa shape index (κ2) is 7.30. The fourth-order valence-corrected chi connectivity index (χ4v) is 1.88. The number of phenols is 1. The SMILES string of the molecule is CCCCN(CCO)Cc1cccc(C)c1O. The van der Waals surface area contributed by atoms with E-state index in [-0.39, 0.29) is 6.61 Å². The summed E-state index contributed by atoms with van der Waals surface area (Å²) in [6.07, 6.45) is 2.26. The Bertz CT molecular complexity index is 339. The van der Waals surface area contributed by atoms with Gasteiger partial charge in [-0.25, -0.2) is 0 Å². The highest BCUT2D eigenvalue weighted by atomic mass is 16.3. The summed E-state index contributed by atoms with van der Waals surface area (Å²) < 4.78 is 0. The van der Waals surface area contributed by atoms with E-state index >= 15 is 0 Å². The first-order valence-electron chi connectivity index (χ1n) is 6.29. The van der Waals surface area contributed by atoms with Crippen LogP contribution in [0.5, 0.6) is 5.75 Å². The Hall–Kier alpha value is -1.06. The topological polar surface area (TPSA) is 43.7 Å². The average molecular weight is 237 g/mol. The fraction of sp³-hybridized carbons (Fsp3) is 0.571. The lowest BCUT2D eigenvalue weighted by Gasteiger charge is -2.21. The molecule has 0 atom stereocenters. The number of nitrogens with zero attached hydrogens (tertiary/aromatic N) is 1. The standard InChI is InChI=1S/C14H23NO2/c1-3-4-8-15(9-10-16)11-13-7-5-6-12(2)14(13)17/h5-7,16-17H,3-4,8-11H2,1-2H3. The van der Waals surface area contributed by atoms with Crippen molar-refractivity contribution in [2.45, 2.75) is 33.2 Å². The molecule has 0 saturated heterocycles. The Balaban J connectivity index is 2.67. The van der Waals surface area contributed by atoms with E-state index in [9.17, 15) is 5.11 Å². The molecule has 96 valence electrons. The molecule has 0 radical (unpaired) electrons. The highest BCUT2D eigenvalue weighted by molar-refractivity contribution is 5.39. The van der Waals surface area contributed by atoms with Gasteiger partial charge in [0, 0.05) is 18.7 Å². The molecule has 1 aromatic rings. The van der Waals surface area contributed by atoms with Crippen LogP contribution in [0.1, 0.15) is 30.9 Å². The molecular formula is C14H23NO2. The molecule has 0 aliphatic heterocycles. The molecule has 0 bridgehead atoms. The normalized spacial score (nSPS) is 11.1. The monoisotopic (exact) mass is 237 g/mol. The van der Waals surface area contributed by atoms with Gasteiger partial charge in [0.05, 0.1) is 6.61 Å². The van der Waals surface area contributed by atoms with Crippen LogP contribution in [0, 0.1) is 6.92 Å². The summed E-state index contributed by atoms with van der Waals surface area (Å²) in [6.45, 7) is 6.55. The maximum atomic E-state index is 9.95. The van der Waals surface area contributed by atoms with Crippen LogP contribution in [0.2, 0.25) is 0 Å². The zero-order valence-corrected chi connectivity index (χ0v) is 10.8. The van der Waals surface area contributed by atoms with Crippen molar-refractivity contribution in [3.05, 3.63) is 29.3 Å². The van der Waals surface area contributed by atoms with Crippen LogP contribution in [0.25, 0.3) is 0 Å². The van der Waals surface area contributed by atoms with Crippen molar-refractivity contribution < 1.29 is 10.2 Å². The number of unbranched alkanes of at least 4 members (excludes halogenated alkanes) is 1. The molecule has 0 amide bonds. The second-order valence-corrected chi connectivity index (χ2v) is 4.44. The summed E-state index contributed by atoms with van der Waals surface area (Å²) >= 11 is 0. The van der Waals surface area contributed by atoms with Crippen molar-refractivity contribution in [1.82, 2.24) is 4.90 Å². The van der Waals surface area contributed by atoms with Crippen LogP contribution in [-0.4, -0.2) is 34.8 Å². The number of para-hydroxylation sites is 1. The summed E-state index contributed by atoms with van der Waals surface area (Å²) in [5.74, 6) is 0.381. The molecular weight excluding hydrogens is 214 g/mol. The predicted octanol–water partition coefficient (Wildman–Crippen LogP) is 2.30. The van der Waals surface area contributed by atoms with Gasteiger partial charge in [0.15, 0.2) is 0 Å². The van der Waals surface area contributed by atoms with Crippen LogP contribution in [0.15, 0.2) is 18.2 Å². The van der Waals surface area contributed by atoms with Gasteiger partial charge < -0.3 is 10.2 Å². The third-order valence-electron chi connectivity index (χ3n) is 2.96. The van der Waals surface area contributed by atoms with E-state index in [2.05, 4.69) is 11.8 Å². The van der Waals surface area contributed by atoms with E-state index in [0.717, 1.165) is 30.5 Å². The molecule has 0 saturated carbocycles. The molecule has 0 aliphatic rings. The van der Waals surface area contributed by atoms with Crippen LogP contribution in [0.4, 0.5) is 0 Å². The quantitative estimate of drug-likeness (QED) is 0.764. The van der Waals surface area contributed by atoms with Crippen molar-refractivity contribution >= 4 is 0 Å². The lowest BCUT2D eigenvalue weighted by atomic mass is 10.1. The van der Waals surface area contributed by atoms with E-state index in [0.29, 0.717) is 18.8 Å². The molecule has 3 heteroatoms. The molecule has 0 unspecified atom stereocenters. The number of hydrogen-bond donors (Lipinski definition) is 2. The molecule has 0 spiro atoms. The zero-order chi connectivity index (χ0) is 12.7. The highest BCUT2D eigenvalue weighted by Gasteiger charge is 2.09. The third-order valence-corrected chi connectivity index (χ3v) is 2.96. The maximum absolute atomic E-state index is 9.95. The number of aryl methyl sites for hydroxylation is 1. The Kier molecular flexibility index (Phi) is 6.01. The number of hydrogen-bond acceptors (Lipinski definition) is 3. The molecule has 3 nitrogen and oxygen atoms in total. The van der Waals surface area contributed by atoms with Crippen LogP contribution in [-0.2, 0) is 6.54 Å². The smallest absolute Gasteiger partial charge is 0.122 e. The van der Waals surface area contributed by atoms with Gasteiger partial charge in [-0.3, -0.25) is 4.90 Å². The molecule has 0 aromatic heterocycles. The van der Waals surface area contributed by atoms with E-state index in [1.165, 1.54) is 0 Å². The third kappa shape index (κ3) is 4.36. The second-order valence-electron chi connectivity index (χ2n) is 4.44. The highest BCUT2D eigenvalue weighted by Crippen LogP contribution is 2.22. The van der Waals surface area contributed by atoms with Crippen molar-refractivity contribution in [3.63, 3.8) is 0 Å². The molecule has 17 heavy (non-hydrogen) atoms. The lowest BCUT2D eigenvalue weighted by molar-refractivity contribution is 0.187. The molecule has 0 fully saturated rings. The van der Waals surface area contributed by atoms with Gasteiger partial charge in [-0.1, -0.05) is 31.5 Å². The summed E-state index contributed by atoms with van der Waals surface area (Å²) in [4.78, 5) is 2.18. The van der Waals surface area contributed by atoms with E-state index in [1.54, 1.807) is 0 Å². The predicted molar refractivity (Wildman–Crippen MR) is 70.1 cm³/mol. The molecule has 2 N–H and O–H groups in total. The van der Waals surface area contributed by atoms with Crippen molar-refractivity contribution in [1.29, 1.82) is 0 Å². The van der Waals surface area contributed by atoms with Crippen LogP contribution >= 0.6 is 0 Å². The number of phenolic OH excluding ortho intramolecular Hbond substituents is 1. The van der Waals surface area contributed by atoms with Crippen molar-refractivity contribution in [2.24, 2.45) is 0 Å². The van der Waals surface area contributed by atoms with Crippen molar-refractivity contribution in [3.8, 4) is 5.75 Å². The van der Waals surface area contributed by atoms with E-state index < -0.39 is 0 Å². The Morgan fingerprint density at radius 3 is 2.65 bits per heavy atom.